The van der Waals surface area contributed by atoms with E-state index in [4.69, 9.17) is 4.74 Å². The summed E-state index contributed by atoms with van der Waals surface area (Å²) in [5, 5.41) is 0. The fourth-order valence-electron chi connectivity index (χ4n) is 1.83. The van der Waals surface area contributed by atoms with Crippen LogP contribution in [0.5, 0.6) is 5.75 Å². The Kier molecular flexibility index (Phi) is 4.64. The summed E-state index contributed by atoms with van der Waals surface area (Å²) >= 11 is 3.28. The summed E-state index contributed by atoms with van der Waals surface area (Å²) in [4.78, 5) is 24.0. The summed E-state index contributed by atoms with van der Waals surface area (Å²) in [6, 6.07) is 8.41. The minimum absolute atomic E-state index is 0.341. The summed E-state index contributed by atoms with van der Waals surface area (Å²) in [5.74, 6) is -0.425. The number of carbonyl (C=O) groups is 2. The second kappa shape index (κ2) is 6.45. The number of hydrazine groups is 1. The van der Waals surface area contributed by atoms with Crippen LogP contribution in [0.3, 0.4) is 0 Å². The van der Waals surface area contributed by atoms with Gasteiger partial charge in [0.1, 0.15) is 11.4 Å². The lowest BCUT2D eigenvalue weighted by Crippen LogP contribution is -2.42. The van der Waals surface area contributed by atoms with Crippen molar-refractivity contribution in [3.05, 3.63) is 52.3 Å². The van der Waals surface area contributed by atoms with Crippen molar-refractivity contribution in [1.29, 1.82) is 0 Å². The normalized spacial score (nSPS) is 10.0. The van der Waals surface area contributed by atoms with E-state index in [0.29, 0.717) is 17.0 Å². The summed E-state index contributed by atoms with van der Waals surface area (Å²) in [5.41, 5.74) is 5.49. The van der Waals surface area contributed by atoms with E-state index in [1.807, 2.05) is 0 Å². The Morgan fingerprint density at radius 3 is 2.48 bits per heavy atom. The molecule has 2 N–H and O–H groups in total. The van der Waals surface area contributed by atoms with Gasteiger partial charge in [0.25, 0.3) is 11.8 Å². The van der Waals surface area contributed by atoms with Gasteiger partial charge in [0, 0.05) is 17.7 Å². The molecule has 0 aliphatic carbocycles. The molecule has 0 spiro atoms. The first-order chi connectivity index (χ1) is 10.0. The lowest BCUT2D eigenvalue weighted by Gasteiger charge is -2.10. The first-order valence-corrected chi connectivity index (χ1v) is 6.87. The van der Waals surface area contributed by atoms with E-state index in [2.05, 4.69) is 26.8 Å². The fraction of sp³-hybridized carbons (Fsp3) is 0.143. The van der Waals surface area contributed by atoms with E-state index >= 15 is 0 Å². The molecule has 2 aromatic rings. The summed E-state index contributed by atoms with van der Waals surface area (Å²) in [7, 11) is 3.22. The van der Waals surface area contributed by atoms with Gasteiger partial charge in [-0.2, -0.15) is 0 Å². The molecule has 0 saturated carbocycles. The number of hydrogen-bond acceptors (Lipinski definition) is 3. The Morgan fingerprint density at radius 2 is 1.86 bits per heavy atom. The van der Waals surface area contributed by atoms with Gasteiger partial charge < -0.3 is 9.30 Å². The number of benzene rings is 1. The topological polar surface area (TPSA) is 72.4 Å². The van der Waals surface area contributed by atoms with Crippen molar-refractivity contribution in [3.63, 3.8) is 0 Å². The Bertz CT molecular complexity index is 682. The highest BCUT2D eigenvalue weighted by Gasteiger charge is 2.14. The molecule has 21 heavy (non-hydrogen) atoms. The first kappa shape index (κ1) is 15.1. The number of ether oxygens (including phenoxy) is 1. The maximum atomic E-state index is 12.0. The van der Waals surface area contributed by atoms with Crippen LogP contribution in [0.4, 0.5) is 0 Å². The Labute approximate surface area is 130 Å². The van der Waals surface area contributed by atoms with E-state index < -0.39 is 11.8 Å². The quantitative estimate of drug-likeness (QED) is 0.829. The smallest absolute Gasteiger partial charge is 0.286 e. The number of nitrogens with one attached hydrogen (secondary N) is 2. The van der Waals surface area contributed by atoms with Gasteiger partial charge in [-0.1, -0.05) is 12.1 Å². The predicted octanol–water partition coefficient (Wildman–Crippen LogP) is 1.87. The van der Waals surface area contributed by atoms with Gasteiger partial charge in [0.15, 0.2) is 0 Å². The van der Waals surface area contributed by atoms with Crippen molar-refractivity contribution in [1.82, 2.24) is 15.4 Å². The average molecular weight is 352 g/mol. The van der Waals surface area contributed by atoms with Crippen molar-refractivity contribution in [3.8, 4) is 5.75 Å². The number of nitrogens with zero attached hydrogens (tertiary/aromatic N) is 1. The zero-order valence-corrected chi connectivity index (χ0v) is 13.1. The van der Waals surface area contributed by atoms with Crippen molar-refractivity contribution >= 4 is 27.7 Å². The molecular weight excluding hydrogens is 338 g/mol. The number of hydrogen-bond donors (Lipinski definition) is 2. The monoisotopic (exact) mass is 351 g/mol. The summed E-state index contributed by atoms with van der Waals surface area (Å²) < 4.78 is 7.53. The maximum absolute atomic E-state index is 12.0. The third-order valence-corrected chi connectivity index (χ3v) is 3.28. The number of carbonyl (C=O) groups excluding carboxylic acids is 2. The van der Waals surface area contributed by atoms with Crippen LogP contribution in [0.2, 0.25) is 0 Å². The van der Waals surface area contributed by atoms with Crippen LogP contribution in [0, 0.1) is 0 Å². The molecule has 6 nitrogen and oxygen atoms in total. The number of amides is 2. The highest BCUT2D eigenvalue weighted by atomic mass is 79.9. The number of aromatic nitrogens is 1. The summed E-state index contributed by atoms with van der Waals surface area (Å²) in [6.07, 6.45) is 1.75. The first-order valence-electron chi connectivity index (χ1n) is 6.08. The second-order valence-corrected chi connectivity index (χ2v) is 5.18. The van der Waals surface area contributed by atoms with E-state index in [-0.39, 0.29) is 0 Å². The molecule has 0 radical (unpaired) electrons. The number of para-hydroxylation sites is 1. The van der Waals surface area contributed by atoms with Crippen LogP contribution in [0.25, 0.3) is 0 Å². The van der Waals surface area contributed by atoms with Crippen molar-refractivity contribution < 1.29 is 14.3 Å². The van der Waals surface area contributed by atoms with E-state index in [0.717, 1.165) is 4.47 Å². The molecule has 110 valence electrons. The van der Waals surface area contributed by atoms with Crippen molar-refractivity contribution in [2.24, 2.45) is 7.05 Å². The minimum Gasteiger partial charge on any atom is -0.496 e. The van der Waals surface area contributed by atoms with Gasteiger partial charge in [0.2, 0.25) is 0 Å². The van der Waals surface area contributed by atoms with Crippen LogP contribution < -0.4 is 15.6 Å². The largest absolute Gasteiger partial charge is 0.496 e. The van der Waals surface area contributed by atoms with E-state index in [9.17, 15) is 9.59 Å². The van der Waals surface area contributed by atoms with Gasteiger partial charge in [-0.25, -0.2) is 0 Å². The van der Waals surface area contributed by atoms with Gasteiger partial charge in [-0.3, -0.25) is 20.4 Å². The molecule has 2 rings (SSSR count). The number of halogens is 1. The van der Waals surface area contributed by atoms with E-state index in [1.54, 1.807) is 48.1 Å². The molecule has 0 aliphatic heterocycles. The van der Waals surface area contributed by atoms with Crippen LogP contribution in [0.15, 0.2) is 41.0 Å². The van der Waals surface area contributed by atoms with Crippen LogP contribution in [-0.2, 0) is 7.05 Å². The highest BCUT2D eigenvalue weighted by Crippen LogP contribution is 2.16. The fourth-order valence-corrected chi connectivity index (χ4v) is 2.35. The lowest BCUT2D eigenvalue weighted by molar-refractivity contribution is 0.0840. The predicted molar refractivity (Wildman–Crippen MR) is 81.0 cm³/mol. The van der Waals surface area contributed by atoms with Crippen LogP contribution >= 0.6 is 15.9 Å². The Hall–Kier alpha value is -2.28. The van der Waals surface area contributed by atoms with E-state index in [1.165, 1.54) is 7.11 Å². The molecule has 0 bridgehead atoms. The second-order valence-electron chi connectivity index (χ2n) is 4.26. The Balaban J connectivity index is 2.04. The average Bonchev–Trinajstić information content (AvgIpc) is 2.83. The van der Waals surface area contributed by atoms with Crippen molar-refractivity contribution in [2.75, 3.05) is 7.11 Å². The van der Waals surface area contributed by atoms with Gasteiger partial charge in [-0.05, 0) is 34.1 Å². The molecule has 1 heterocycles. The molecule has 0 saturated heterocycles. The third kappa shape index (κ3) is 3.43. The molecule has 2 amide bonds. The maximum Gasteiger partial charge on any atom is 0.286 e. The molecular formula is C14H14BrN3O3. The van der Waals surface area contributed by atoms with Crippen molar-refractivity contribution in [2.45, 2.75) is 0 Å². The van der Waals surface area contributed by atoms with Gasteiger partial charge in [-0.15, -0.1) is 0 Å². The van der Waals surface area contributed by atoms with Crippen LogP contribution in [-0.4, -0.2) is 23.5 Å². The molecule has 1 aromatic heterocycles. The van der Waals surface area contributed by atoms with Gasteiger partial charge in [0.05, 0.1) is 12.7 Å². The van der Waals surface area contributed by atoms with Crippen LogP contribution in [0.1, 0.15) is 20.8 Å². The minimum atomic E-state index is -0.450. The third-order valence-electron chi connectivity index (χ3n) is 2.85. The number of rotatable bonds is 3. The Morgan fingerprint density at radius 1 is 1.19 bits per heavy atom. The molecule has 7 heteroatoms. The number of methoxy groups -OCH3 is 1. The molecule has 0 atom stereocenters. The summed E-state index contributed by atoms with van der Waals surface area (Å²) in [6.45, 7) is 0. The molecule has 0 aliphatic rings. The SMILES string of the molecule is COc1ccccc1C(=O)NNC(=O)c1cc(Br)cn1C. The molecule has 0 fully saturated rings. The molecule has 0 unspecified atom stereocenters. The van der Waals surface area contributed by atoms with Gasteiger partial charge >= 0.3 is 0 Å². The lowest BCUT2D eigenvalue weighted by atomic mass is 10.2. The zero-order valence-electron chi connectivity index (χ0n) is 11.5. The highest BCUT2D eigenvalue weighted by molar-refractivity contribution is 9.10. The molecule has 1 aromatic carbocycles. The zero-order chi connectivity index (χ0) is 15.4. The number of aryl methyl sites for hydroxylation is 1. The standard InChI is InChI=1S/C14H14BrN3O3/c1-18-8-9(15)7-11(18)14(20)17-16-13(19)10-5-3-4-6-12(10)21-2/h3-8H,1-2H3,(H,16,19)(H,17,20).